The minimum absolute atomic E-state index is 0.0336. The van der Waals surface area contributed by atoms with E-state index in [2.05, 4.69) is 20.9 Å². The summed E-state index contributed by atoms with van der Waals surface area (Å²) in [5, 5.41) is 21.5. The normalized spacial score (nSPS) is 15.7. The maximum Gasteiger partial charge on any atom is 0.434 e. The van der Waals surface area contributed by atoms with Gasteiger partial charge >= 0.3 is 17.8 Å². The highest BCUT2D eigenvalue weighted by atomic mass is 79.9. The molecular formula is C23H14BrClF3N3O6S. The van der Waals surface area contributed by atoms with Crippen LogP contribution in [0.3, 0.4) is 0 Å². The van der Waals surface area contributed by atoms with Gasteiger partial charge in [-0.15, -0.1) is 0 Å². The highest BCUT2D eigenvalue weighted by molar-refractivity contribution is 9.10. The van der Waals surface area contributed by atoms with Crippen LogP contribution in [0.2, 0.25) is 5.02 Å². The Kier molecular flexibility index (Phi) is 7.50. The van der Waals surface area contributed by atoms with Gasteiger partial charge in [0.1, 0.15) is 0 Å². The number of phenolic OH excluding ortho intramolecular Hbond substituents is 1. The number of nitro benzene ring substituents is 1. The molecule has 0 amide bonds. The summed E-state index contributed by atoms with van der Waals surface area (Å²) >= 11 is 9.54. The molecule has 4 rings (SSSR count). The standard InChI is InChI=1S/C23H14BrClF3N3O6S/c1-2-37-21(34)16-17(11-3-5-12(25)6-4-11)30-20(33)15(38-22(30)29-19(16)23(26,27)28)9-10-7-13(24)18(32)14(8-10)31(35)36/h3-9,17,32H,2H2,1H3/b15-9-/t17-/m0/s1. The van der Waals surface area contributed by atoms with Crippen molar-refractivity contribution in [3.63, 3.8) is 0 Å². The van der Waals surface area contributed by atoms with Crippen molar-refractivity contribution in [3.05, 3.63) is 98.1 Å². The first-order valence-corrected chi connectivity index (χ1v) is 12.5. The van der Waals surface area contributed by atoms with Gasteiger partial charge in [0.05, 0.1) is 32.2 Å². The Bertz CT molecular complexity index is 1680. The van der Waals surface area contributed by atoms with Crippen molar-refractivity contribution in [2.24, 2.45) is 4.99 Å². The molecule has 1 aromatic heterocycles. The number of hydrogen-bond acceptors (Lipinski definition) is 8. The highest BCUT2D eigenvalue weighted by Gasteiger charge is 2.45. The lowest BCUT2D eigenvalue weighted by Crippen LogP contribution is -2.41. The topological polar surface area (TPSA) is 124 Å². The van der Waals surface area contributed by atoms with E-state index in [9.17, 15) is 38.0 Å². The fourth-order valence-corrected chi connectivity index (χ4v) is 5.37. The number of nitrogens with zero attached hydrogens (tertiary/aromatic N) is 3. The van der Waals surface area contributed by atoms with Gasteiger partial charge < -0.3 is 9.84 Å². The summed E-state index contributed by atoms with van der Waals surface area (Å²) in [6, 6.07) is 6.29. The Morgan fingerprint density at radius 2 is 2.00 bits per heavy atom. The second kappa shape index (κ2) is 10.3. The van der Waals surface area contributed by atoms with Gasteiger partial charge in [-0.3, -0.25) is 19.5 Å². The van der Waals surface area contributed by atoms with Crippen molar-refractivity contribution in [2.45, 2.75) is 19.1 Å². The van der Waals surface area contributed by atoms with Crippen molar-refractivity contribution in [3.8, 4) is 5.75 Å². The zero-order valence-corrected chi connectivity index (χ0v) is 22.1. The molecule has 0 radical (unpaired) electrons. The molecule has 9 nitrogen and oxygen atoms in total. The SMILES string of the molecule is CCOC(=O)C1=C(C(F)(F)F)N=c2s/c(=C\c3cc(Br)c(O)c([N+](=O)[O-])c3)c(=O)n2[C@H]1c1ccc(Cl)cc1. The van der Waals surface area contributed by atoms with E-state index in [1.807, 2.05) is 0 Å². The summed E-state index contributed by atoms with van der Waals surface area (Å²) in [6.07, 6.45) is -3.86. The number of esters is 1. The lowest BCUT2D eigenvalue weighted by molar-refractivity contribution is -0.386. The van der Waals surface area contributed by atoms with E-state index in [0.717, 1.165) is 10.6 Å². The Morgan fingerprint density at radius 1 is 1.34 bits per heavy atom. The first kappa shape index (κ1) is 27.5. The van der Waals surface area contributed by atoms with Crippen LogP contribution in [0.25, 0.3) is 6.08 Å². The number of aromatic nitrogens is 1. The average molecular weight is 633 g/mol. The average Bonchev–Trinajstić information content (AvgIpc) is 3.15. The number of fused-ring (bicyclic) bond motifs is 1. The zero-order valence-electron chi connectivity index (χ0n) is 19.0. The van der Waals surface area contributed by atoms with Crippen LogP contribution >= 0.6 is 38.9 Å². The molecule has 0 fully saturated rings. The van der Waals surface area contributed by atoms with Gasteiger partial charge in [0.25, 0.3) is 5.56 Å². The first-order chi connectivity index (χ1) is 17.8. The first-order valence-electron chi connectivity index (χ1n) is 10.6. The third-order valence-electron chi connectivity index (χ3n) is 5.34. The molecule has 0 spiro atoms. The molecule has 15 heteroatoms. The van der Waals surface area contributed by atoms with Crippen LogP contribution in [0.15, 0.2) is 61.9 Å². The predicted molar refractivity (Wildman–Crippen MR) is 135 cm³/mol. The minimum atomic E-state index is -5.07. The molecular weight excluding hydrogens is 619 g/mol. The van der Waals surface area contributed by atoms with Gasteiger partial charge in [-0.1, -0.05) is 35.1 Å². The number of allylic oxidation sites excluding steroid dienone is 1. The molecule has 1 aliphatic rings. The summed E-state index contributed by atoms with van der Waals surface area (Å²) in [5.41, 5.74) is -3.58. The number of rotatable bonds is 5. The van der Waals surface area contributed by atoms with Crippen LogP contribution in [0.1, 0.15) is 24.1 Å². The molecule has 2 aromatic carbocycles. The van der Waals surface area contributed by atoms with Crippen LogP contribution in [0.4, 0.5) is 18.9 Å². The Balaban J connectivity index is 2.05. The van der Waals surface area contributed by atoms with Gasteiger partial charge in [0.15, 0.2) is 10.5 Å². The molecule has 1 N–H and O–H groups in total. The van der Waals surface area contributed by atoms with Gasteiger partial charge in [-0.05, 0) is 58.3 Å². The maximum atomic E-state index is 14.1. The minimum Gasteiger partial charge on any atom is -0.501 e. The lowest BCUT2D eigenvalue weighted by atomic mass is 9.95. The smallest absolute Gasteiger partial charge is 0.434 e. The Labute approximate surface area is 228 Å². The van der Waals surface area contributed by atoms with E-state index in [4.69, 9.17) is 16.3 Å². The number of thiazole rings is 1. The third kappa shape index (κ3) is 5.11. The van der Waals surface area contributed by atoms with Crippen molar-refractivity contribution in [2.75, 3.05) is 6.61 Å². The van der Waals surface area contributed by atoms with E-state index < -0.39 is 51.4 Å². The maximum absolute atomic E-state index is 14.1. The zero-order chi connectivity index (χ0) is 27.9. The van der Waals surface area contributed by atoms with Gasteiger partial charge in [0.2, 0.25) is 5.75 Å². The number of nitro groups is 1. The molecule has 198 valence electrons. The summed E-state index contributed by atoms with van der Waals surface area (Å²) in [4.78, 5) is 40.1. The number of alkyl halides is 3. The van der Waals surface area contributed by atoms with Crippen molar-refractivity contribution in [1.82, 2.24) is 4.57 Å². The van der Waals surface area contributed by atoms with Gasteiger partial charge in [0, 0.05) is 11.1 Å². The fourth-order valence-electron chi connectivity index (χ4n) is 3.78. The number of hydrogen-bond donors (Lipinski definition) is 1. The number of aromatic hydroxyl groups is 1. The monoisotopic (exact) mass is 631 g/mol. The number of carbonyl (C=O) groups is 1. The van der Waals surface area contributed by atoms with Crippen molar-refractivity contribution >= 4 is 56.6 Å². The molecule has 0 saturated heterocycles. The largest absolute Gasteiger partial charge is 0.501 e. The second-order valence-corrected chi connectivity index (χ2v) is 10.0. The predicted octanol–water partition coefficient (Wildman–Crippen LogP) is 4.37. The van der Waals surface area contributed by atoms with Crippen LogP contribution in [-0.2, 0) is 9.53 Å². The van der Waals surface area contributed by atoms with Crippen molar-refractivity contribution < 1.29 is 32.7 Å². The molecule has 1 atom stereocenters. The summed E-state index contributed by atoms with van der Waals surface area (Å²) in [7, 11) is 0. The van der Waals surface area contributed by atoms with Crippen LogP contribution in [0, 0.1) is 10.1 Å². The Hall–Kier alpha value is -3.49. The van der Waals surface area contributed by atoms with E-state index in [1.165, 1.54) is 43.3 Å². The number of ether oxygens (including phenoxy) is 1. The fraction of sp³-hybridized carbons (Fsp3) is 0.174. The van der Waals surface area contributed by atoms with Crippen LogP contribution in [-0.4, -0.2) is 33.3 Å². The van der Waals surface area contributed by atoms with E-state index in [1.54, 1.807) is 0 Å². The number of phenols is 1. The number of halogens is 5. The Morgan fingerprint density at radius 3 is 2.58 bits per heavy atom. The van der Waals surface area contributed by atoms with E-state index >= 15 is 0 Å². The summed E-state index contributed by atoms with van der Waals surface area (Å²) in [6.45, 7) is 1.20. The molecule has 0 saturated carbocycles. The molecule has 0 unspecified atom stereocenters. The second-order valence-electron chi connectivity index (χ2n) is 7.74. The molecule has 2 heterocycles. The van der Waals surface area contributed by atoms with E-state index in [0.29, 0.717) is 11.3 Å². The molecule has 0 aliphatic carbocycles. The van der Waals surface area contributed by atoms with Crippen LogP contribution in [0.5, 0.6) is 5.75 Å². The molecule has 0 bridgehead atoms. The highest BCUT2D eigenvalue weighted by Crippen LogP contribution is 2.39. The summed E-state index contributed by atoms with van der Waals surface area (Å²) in [5.74, 6) is -1.93. The molecule has 38 heavy (non-hydrogen) atoms. The number of carbonyl (C=O) groups excluding carboxylic acids is 1. The number of benzene rings is 2. The lowest BCUT2D eigenvalue weighted by Gasteiger charge is -2.26. The van der Waals surface area contributed by atoms with Gasteiger partial charge in [-0.25, -0.2) is 9.79 Å². The quantitative estimate of drug-likeness (QED) is 0.253. The molecule has 1 aliphatic heterocycles. The molecule has 3 aromatic rings. The van der Waals surface area contributed by atoms with E-state index in [-0.39, 0.29) is 36.6 Å². The summed E-state index contributed by atoms with van der Waals surface area (Å²) < 4.78 is 48.1. The van der Waals surface area contributed by atoms with Crippen molar-refractivity contribution in [1.29, 1.82) is 0 Å². The third-order valence-corrected chi connectivity index (χ3v) is 7.18. The van der Waals surface area contributed by atoms with Gasteiger partial charge in [-0.2, -0.15) is 13.2 Å². The van der Waals surface area contributed by atoms with Crippen LogP contribution < -0.4 is 14.9 Å².